The van der Waals surface area contributed by atoms with E-state index < -0.39 is 5.97 Å². The normalized spacial score (nSPS) is 10.6. The molecule has 0 N–H and O–H groups in total. The summed E-state index contributed by atoms with van der Waals surface area (Å²) in [5.74, 6) is 0.731. The third-order valence-corrected chi connectivity index (χ3v) is 5.09. The molecule has 0 amide bonds. The number of nitrogens with zero attached hydrogens (tertiary/aromatic N) is 2. The molecular weight excluding hydrogens is 396 g/mol. The number of aryl methyl sites for hydroxylation is 1. The predicted octanol–water partition coefficient (Wildman–Crippen LogP) is 3.87. The maximum atomic E-state index is 12.2. The number of esters is 1. The fourth-order valence-corrected chi connectivity index (χ4v) is 3.34. The Balaban J connectivity index is 1.58. The van der Waals surface area contributed by atoms with Gasteiger partial charge in [-0.05, 0) is 62.2 Å². The van der Waals surface area contributed by atoms with Crippen LogP contribution in [-0.2, 0) is 16.0 Å². The Bertz CT molecular complexity index is 1070. The zero-order valence-electron chi connectivity index (χ0n) is 18.2. The van der Waals surface area contributed by atoms with E-state index >= 15 is 0 Å². The average molecular weight is 422 g/mol. The summed E-state index contributed by atoms with van der Waals surface area (Å²) in [6, 6.07) is 14.3. The first-order valence-corrected chi connectivity index (χ1v) is 9.95. The monoisotopic (exact) mass is 422 g/mol. The van der Waals surface area contributed by atoms with Crippen LogP contribution in [0.5, 0.6) is 11.5 Å². The second-order valence-corrected chi connectivity index (χ2v) is 7.08. The van der Waals surface area contributed by atoms with E-state index in [0.717, 1.165) is 28.4 Å². The molecule has 0 unspecified atom stereocenters. The molecule has 0 atom stereocenters. The van der Waals surface area contributed by atoms with Gasteiger partial charge in [0.1, 0.15) is 11.5 Å². The highest BCUT2D eigenvalue weighted by Crippen LogP contribution is 2.22. The highest BCUT2D eigenvalue weighted by molar-refractivity contribution is 5.98. The summed E-state index contributed by atoms with van der Waals surface area (Å²) in [6.45, 7) is 3.59. The van der Waals surface area contributed by atoms with E-state index in [2.05, 4.69) is 5.10 Å². The summed E-state index contributed by atoms with van der Waals surface area (Å²) in [4.78, 5) is 24.4. The molecule has 162 valence electrons. The summed E-state index contributed by atoms with van der Waals surface area (Å²) in [5, 5.41) is 4.61. The minimum Gasteiger partial charge on any atom is -0.497 e. The van der Waals surface area contributed by atoms with E-state index in [1.807, 2.05) is 42.8 Å². The number of hydrogen-bond acceptors (Lipinski definition) is 6. The first kappa shape index (κ1) is 22.1. The van der Waals surface area contributed by atoms with Crippen molar-refractivity contribution in [2.45, 2.75) is 26.7 Å². The van der Waals surface area contributed by atoms with Gasteiger partial charge in [0, 0.05) is 23.7 Å². The molecule has 0 aliphatic rings. The van der Waals surface area contributed by atoms with Crippen LogP contribution in [0, 0.1) is 13.8 Å². The average Bonchev–Trinajstić information content (AvgIpc) is 3.09. The van der Waals surface area contributed by atoms with Gasteiger partial charge in [-0.25, -0.2) is 4.68 Å². The third kappa shape index (κ3) is 5.31. The van der Waals surface area contributed by atoms with Gasteiger partial charge < -0.3 is 14.2 Å². The molecule has 31 heavy (non-hydrogen) atoms. The Morgan fingerprint density at radius 2 is 1.68 bits per heavy atom. The number of methoxy groups -OCH3 is 2. The first-order valence-electron chi connectivity index (χ1n) is 9.95. The van der Waals surface area contributed by atoms with Crippen LogP contribution in [0.1, 0.15) is 33.7 Å². The molecule has 3 aromatic rings. The van der Waals surface area contributed by atoms with Crippen LogP contribution in [0.4, 0.5) is 0 Å². The lowest BCUT2D eigenvalue weighted by Gasteiger charge is -2.08. The third-order valence-electron chi connectivity index (χ3n) is 5.09. The van der Waals surface area contributed by atoms with Gasteiger partial charge in [0.25, 0.3) is 0 Å². The molecule has 2 aromatic carbocycles. The molecule has 0 saturated heterocycles. The molecule has 0 radical (unpaired) electrons. The standard InChI is InChI=1S/C24H26N2O5/c1-16-22(17(2)26(25-16)19-6-5-7-21(14-19)30-4)12-13-24(28)31-15-23(27)18-8-10-20(29-3)11-9-18/h5-11,14H,12-13,15H2,1-4H3. The van der Waals surface area contributed by atoms with Crippen molar-refractivity contribution >= 4 is 11.8 Å². The van der Waals surface area contributed by atoms with Gasteiger partial charge in [-0.3, -0.25) is 9.59 Å². The molecule has 0 aliphatic heterocycles. The van der Waals surface area contributed by atoms with E-state index in [4.69, 9.17) is 14.2 Å². The maximum Gasteiger partial charge on any atom is 0.306 e. The second-order valence-electron chi connectivity index (χ2n) is 7.08. The van der Waals surface area contributed by atoms with E-state index in [1.165, 1.54) is 0 Å². The molecule has 0 bridgehead atoms. The molecule has 0 aliphatic carbocycles. The van der Waals surface area contributed by atoms with Crippen molar-refractivity contribution in [1.29, 1.82) is 0 Å². The molecule has 0 saturated carbocycles. The summed E-state index contributed by atoms with van der Waals surface area (Å²) >= 11 is 0. The van der Waals surface area contributed by atoms with Gasteiger partial charge >= 0.3 is 5.97 Å². The zero-order chi connectivity index (χ0) is 22.4. The van der Waals surface area contributed by atoms with Crippen LogP contribution in [0.15, 0.2) is 48.5 Å². The lowest BCUT2D eigenvalue weighted by Crippen LogP contribution is -2.14. The second kappa shape index (κ2) is 9.93. The Morgan fingerprint density at radius 3 is 2.35 bits per heavy atom. The molecule has 7 nitrogen and oxygen atoms in total. The number of rotatable bonds is 9. The van der Waals surface area contributed by atoms with E-state index in [1.54, 1.807) is 38.5 Å². The van der Waals surface area contributed by atoms with Gasteiger partial charge in [0.15, 0.2) is 12.4 Å². The van der Waals surface area contributed by atoms with Crippen LogP contribution in [0.3, 0.4) is 0 Å². The Labute approximate surface area is 181 Å². The van der Waals surface area contributed by atoms with E-state index in [9.17, 15) is 9.59 Å². The summed E-state index contributed by atoms with van der Waals surface area (Å²) in [7, 11) is 3.18. The number of carbonyl (C=O) groups is 2. The number of aromatic nitrogens is 2. The molecule has 0 fully saturated rings. The Morgan fingerprint density at radius 1 is 0.968 bits per heavy atom. The van der Waals surface area contributed by atoms with Gasteiger partial charge in [0.05, 0.1) is 25.6 Å². The Hall–Kier alpha value is -3.61. The fourth-order valence-electron chi connectivity index (χ4n) is 3.34. The molecule has 7 heteroatoms. The number of carbonyl (C=O) groups excluding carboxylic acids is 2. The number of hydrogen-bond donors (Lipinski definition) is 0. The number of ether oxygens (including phenoxy) is 3. The molecular formula is C24H26N2O5. The largest absolute Gasteiger partial charge is 0.497 e. The molecule has 1 aromatic heterocycles. The SMILES string of the molecule is COc1ccc(C(=O)COC(=O)CCc2c(C)nn(-c3cccc(OC)c3)c2C)cc1. The van der Waals surface area contributed by atoms with Crippen LogP contribution < -0.4 is 9.47 Å². The molecule has 1 heterocycles. The van der Waals surface area contributed by atoms with Crippen molar-refractivity contribution < 1.29 is 23.8 Å². The van der Waals surface area contributed by atoms with Crippen LogP contribution >= 0.6 is 0 Å². The summed E-state index contributed by atoms with van der Waals surface area (Å²) in [6.07, 6.45) is 0.651. The lowest BCUT2D eigenvalue weighted by molar-refractivity contribution is -0.142. The Kier molecular flexibility index (Phi) is 7.07. The van der Waals surface area contributed by atoms with Gasteiger partial charge in [-0.1, -0.05) is 6.07 Å². The van der Waals surface area contributed by atoms with Crippen molar-refractivity contribution in [3.63, 3.8) is 0 Å². The molecule has 0 spiro atoms. The van der Waals surface area contributed by atoms with Gasteiger partial charge in [-0.15, -0.1) is 0 Å². The zero-order valence-corrected chi connectivity index (χ0v) is 18.2. The summed E-state index contributed by atoms with van der Waals surface area (Å²) in [5.41, 5.74) is 4.15. The fraction of sp³-hybridized carbons (Fsp3) is 0.292. The van der Waals surface area contributed by atoms with Crippen LogP contribution in [0.25, 0.3) is 5.69 Å². The number of Topliss-reactive ketones (excluding diaryl/α,β-unsaturated/α-hetero) is 1. The van der Waals surface area contributed by atoms with E-state index in [-0.39, 0.29) is 18.8 Å². The van der Waals surface area contributed by atoms with Gasteiger partial charge in [0.2, 0.25) is 0 Å². The van der Waals surface area contributed by atoms with E-state index in [0.29, 0.717) is 17.7 Å². The quantitative estimate of drug-likeness (QED) is 0.385. The predicted molar refractivity (Wildman–Crippen MR) is 116 cm³/mol. The topological polar surface area (TPSA) is 79.7 Å². The smallest absolute Gasteiger partial charge is 0.306 e. The van der Waals surface area contributed by atoms with Crippen molar-refractivity contribution in [1.82, 2.24) is 9.78 Å². The van der Waals surface area contributed by atoms with Crippen LogP contribution in [0.2, 0.25) is 0 Å². The lowest BCUT2D eigenvalue weighted by atomic mass is 10.1. The number of benzene rings is 2. The molecule has 3 rings (SSSR count). The van der Waals surface area contributed by atoms with Crippen molar-refractivity contribution in [3.05, 3.63) is 71.0 Å². The number of ketones is 1. The van der Waals surface area contributed by atoms with Crippen molar-refractivity contribution in [3.8, 4) is 17.2 Å². The highest BCUT2D eigenvalue weighted by Gasteiger charge is 2.16. The van der Waals surface area contributed by atoms with Gasteiger partial charge in [-0.2, -0.15) is 5.10 Å². The first-order chi connectivity index (χ1) is 14.9. The minimum atomic E-state index is -0.421. The summed E-state index contributed by atoms with van der Waals surface area (Å²) < 4.78 is 17.4. The maximum absolute atomic E-state index is 12.2. The van der Waals surface area contributed by atoms with Crippen molar-refractivity contribution in [2.24, 2.45) is 0 Å². The minimum absolute atomic E-state index is 0.168. The van der Waals surface area contributed by atoms with Crippen LogP contribution in [-0.4, -0.2) is 42.4 Å². The van der Waals surface area contributed by atoms with Crippen molar-refractivity contribution in [2.75, 3.05) is 20.8 Å². The highest BCUT2D eigenvalue weighted by atomic mass is 16.5.